The summed E-state index contributed by atoms with van der Waals surface area (Å²) in [5.41, 5.74) is 0. The molecule has 0 aliphatic rings. The lowest BCUT2D eigenvalue weighted by Gasteiger charge is -2.18. The Labute approximate surface area is 94.1 Å². The number of rotatable bonds is 7. The van der Waals surface area contributed by atoms with E-state index in [0.717, 1.165) is 0 Å². The first-order valence-corrected chi connectivity index (χ1v) is 5.22. The number of ketones is 1. The summed E-state index contributed by atoms with van der Waals surface area (Å²) in [6.07, 6.45) is 0.393. The molecule has 0 amide bonds. The molecule has 0 aromatic heterocycles. The van der Waals surface area contributed by atoms with E-state index in [4.69, 9.17) is 4.74 Å². The lowest BCUT2D eigenvalue weighted by atomic mass is 9.87. The van der Waals surface area contributed by atoms with Crippen LogP contribution in [0.25, 0.3) is 0 Å². The Bertz CT molecular complexity index is 276. The molecule has 0 aliphatic carbocycles. The molecular weight excluding hydrogens is 214 g/mol. The molecule has 0 spiro atoms. The first-order chi connectivity index (χ1) is 7.43. The summed E-state index contributed by atoms with van der Waals surface area (Å²) >= 11 is 0. The van der Waals surface area contributed by atoms with Crippen LogP contribution in [0.1, 0.15) is 27.2 Å². The fraction of sp³-hybridized carbons (Fsp3) is 0.800. The maximum absolute atomic E-state index is 11.5. The van der Waals surface area contributed by atoms with Gasteiger partial charge in [0.2, 0.25) is 6.54 Å². The quantitative estimate of drug-likeness (QED) is 0.283. The van der Waals surface area contributed by atoms with Crippen LogP contribution in [0.15, 0.2) is 0 Å². The molecule has 0 aromatic carbocycles. The van der Waals surface area contributed by atoms with Gasteiger partial charge in [-0.15, -0.1) is 0 Å². The van der Waals surface area contributed by atoms with Crippen molar-refractivity contribution in [1.82, 2.24) is 0 Å². The molecule has 2 atom stereocenters. The zero-order valence-electron chi connectivity index (χ0n) is 9.76. The Morgan fingerprint density at radius 1 is 1.38 bits per heavy atom. The summed E-state index contributed by atoms with van der Waals surface area (Å²) in [5.74, 6) is -2.65. The number of Topliss-reactive ketones (excluding diaryl/α,β-unsaturated/α-hetero) is 1. The Balaban J connectivity index is 4.78. The Morgan fingerprint density at radius 2 is 1.94 bits per heavy atom. The Hall–Kier alpha value is -1.46. The zero-order chi connectivity index (χ0) is 12.7. The summed E-state index contributed by atoms with van der Waals surface area (Å²) in [6, 6.07) is 0. The number of esters is 1. The second-order valence-electron chi connectivity index (χ2n) is 3.52. The van der Waals surface area contributed by atoms with Gasteiger partial charge in [-0.25, -0.2) is 0 Å². The van der Waals surface area contributed by atoms with Crippen LogP contribution in [-0.2, 0) is 14.3 Å². The highest BCUT2D eigenvalue weighted by molar-refractivity contribution is 5.98. The van der Waals surface area contributed by atoms with Gasteiger partial charge in [0.15, 0.2) is 0 Å². The highest BCUT2D eigenvalue weighted by Gasteiger charge is 2.35. The number of carbonyl (C=O) groups is 2. The van der Waals surface area contributed by atoms with Gasteiger partial charge < -0.3 is 4.74 Å². The fourth-order valence-corrected chi connectivity index (χ4v) is 1.58. The Morgan fingerprint density at radius 3 is 2.25 bits per heavy atom. The summed E-state index contributed by atoms with van der Waals surface area (Å²) < 4.78 is 4.75. The van der Waals surface area contributed by atoms with E-state index in [1.807, 2.05) is 0 Å². The number of ether oxygens (including phenoxy) is 1. The minimum Gasteiger partial charge on any atom is -0.465 e. The second-order valence-corrected chi connectivity index (χ2v) is 3.52. The molecule has 2 unspecified atom stereocenters. The van der Waals surface area contributed by atoms with Crippen LogP contribution in [0.2, 0.25) is 0 Å². The van der Waals surface area contributed by atoms with Gasteiger partial charge in [0, 0.05) is 10.8 Å². The van der Waals surface area contributed by atoms with Crippen LogP contribution in [0.3, 0.4) is 0 Å². The van der Waals surface area contributed by atoms with Gasteiger partial charge in [0.1, 0.15) is 11.7 Å². The van der Waals surface area contributed by atoms with Crippen LogP contribution in [-0.4, -0.2) is 29.8 Å². The molecule has 0 aromatic rings. The number of hydrogen-bond donors (Lipinski definition) is 0. The number of nitrogens with zero attached hydrogens (tertiary/aromatic N) is 1. The van der Waals surface area contributed by atoms with E-state index in [-0.39, 0.29) is 18.9 Å². The van der Waals surface area contributed by atoms with E-state index in [1.165, 1.54) is 6.92 Å². The van der Waals surface area contributed by atoms with Gasteiger partial charge in [-0.3, -0.25) is 19.7 Å². The van der Waals surface area contributed by atoms with Gasteiger partial charge in [-0.2, -0.15) is 0 Å². The van der Waals surface area contributed by atoms with Crippen molar-refractivity contribution in [1.29, 1.82) is 0 Å². The minimum atomic E-state index is -1.02. The molecule has 0 fully saturated rings. The van der Waals surface area contributed by atoms with E-state index in [0.29, 0.717) is 6.42 Å². The highest BCUT2D eigenvalue weighted by atomic mass is 16.6. The summed E-state index contributed by atoms with van der Waals surface area (Å²) in [6.45, 7) is 4.37. The topological polar surface area (TPSA) is 86.5 Å². The van der Waals surface area contributed by atoms with Crippen molar-refractivity contribution >= 4 is 11.8 Å². The van der Waals surface area contributed by atoms with Crippen LogP contribution in [0.4, 0.5) is 0 Å². The van der Waals surface area contributed by atoms with Gasteiger partial charge in [-0.1, -0.05) is 6.92 Å². The second kappa shape index (κ2) is 6.92. The first-order valence-electron chi connectivity index (χ1n) is 5.22. The number of nitro groups is 1. The molecule has 6 nitrogen and oxygen atoms in total. The molecule has 16 heavy (non-hydrogen) atoms. The fourth-order valence-electron chi connectivity index (χ4n) is 1.58. The van der Waals surface area contributed by atoms with E-state index >= 15 is 0 Å². The normalized spacial score (nSPS) is 13.9. The van der Waals surface area contributed by atoms with Gasteiger partial charge in [0.25, 0.3) is 0 Å². The van der Waals surface area contributed by atoms with E-state index in [2.05, 4.69) is 0 Å². The molecule has 0 rings (SSSR count). The van der Waals surface area contributed by atoms with Crippen LogP contribution >= 0.6 is 0 Å². The van der Waals surface area contributed by atoms with Crippen molar-refractivity contribution in [2.45, 2.75) is 27.2 Å². The Kier molecular flexibility index (Phi) is 6.29. The number of hydrogen-bond acceptors (Lipinski definition) is 5. The van der Waals surface area contributed by atoms with E-state index in [9.17, 15) is 19.7 Å². The smallest absolute Gasteiger partial charge is 0.316 e. The van der Waals surface area contributed by atoms with Gasteiger partial charge in [-0.05, 0) is 20.3 Å². The summed E-state index contributed by atoms with van der Waals surface area (Å²) in [5, 5.41) is 10.4. The maximum Gasteiger partial charge on any atom is 0.316 e. The SMILES string of the molecule is CCOC(=O)C(C(C)=O)C(CC)C[N+](=O)[O-]. The lowest BCUT2D eigenvalue weighted by Crippen LogP contribution is -2.35. The van der Waals surface area contributed by atoms with E-state index in [1.54, 1.807) is 13.8 Å². The highest BCUT2D eigenvalue weighted by Crippen LogP contribution is 2.19. The number of carbonyl (C=O) groups excluding carboxylic acids is 2. The molecule has 0 aliphatic heterocycles. The third kappa shape index (κ3) is 4.37. The van der Waals surface area contributed by atoms with Crippen molar-refractivity contribution in [3.63, 3.8) is 0 Å². The molecule has 0 saturated heterocycles. The monoisotopic (exact) mass is 231 g/mol. The largest absolute Gasteiger partial charge is 0.465 e. The third-order valence-electron chi connectivity index (χ3n) is 2.36. The average molecular weight is 231 g/mol. The average Bonchev–Trinajstić information content (AvgIpc) is 2.15. The first kappa shape index (κ1) is 14.5. The standard InChI is InChI=1S/C10H17NO5/c1-4-8(6-11(14)15)9(7(3)12)10(13)16-5-2/h8-9H,4-6H2,1-3H3. The van der Waals surface area contributed by atoms with Crippen molar-refractivity contribution in [2.24, 2.45) is 11.8 Å². The predicted molar refractivity (Wildman–Crippen MR) is 56.4 cm³/mol. The lowest BCUT2D eigenvalue weighted by molar-refractivity contribution is -0.489. The minimum absolute atomic E-state index is 0.164. The molecule has 0 heterocycles. The van der Waals surface area contributed by atoms with Crippen molar-refractivity contribution in [2.75, 3.05) is 13.2 Å². The van der Waals surface area contributed by atoms with Crippen LogP contribution < -0.4 is 0 Å². The molecule has 0 saturated carbocycles. The molecule has 92 valence electrons. The molecule has 0 bridgehead atoms. The van der Waals surface area contributed by atoms with E-state index < -0.39 is 22.7 Å². The van der Waals surface area contributed by atoms with Crippen molar-refractivity contribution < 1.29 is 19.2 Å². The van der Waals surface area contributed by atoms with Gasteiger partial charge in [0.05, 0.1) is 6.61 Å². The van der Waals surface area contributed by atoms with Gasteiger partial charge >= 0.3 is 5.97 Å². The molecule has 0 N–H and O–H groups in total. The molecular formula is C10H17NO5. The predicted octanol–water partition coefficient (Wildman–Crippen LogP) is 1.06. The zero-order valence-corrected chi connectivity index (χ0v) is 9.76. The molecule has 6 heteroatoms. The van der Waals surface area contributed by atoms with Crippen LogP contribution in [0, 0.1) is 22.0 Å². The third-order valence-corrected chi connectivity index (χ3v) is 2.36. The summed E-state index contributed by atoms with van der Waals surface area (Å²) in [4.78, 5) is 32.7. The van der Waals surface area contributed by atoms with Crippen molar-refractivity contribution in [3.8, 4) is 0 Å². The van der Waals surface area contributed by atoms with Crippen LogP contribution in [0.5, 0.6) is 0 Å². The maximum atomic E-state index is 11.5. The van der Waals surface area contributed by atoms with Crippen molar-refractivity contribution in [3.05, 3.63) is 10.1 Å². The summed E-state index contributed by atoms with van der Waals surface area (Å²) in [7, 11) is 0. The molecule has 0 radical (unpaired) electrons.